The minimum absolute atomic E-state index is 0.0297. The maximum atomic E-state index is 11.4. The monoisotopic (exact) mass is 221 g/mol. The third-order valence-electron chi connectivity index (χ3n) is 1.54. The maximum Gasteiger partial charge on any atom is 0.349 e. The van der Waals surface area contributed by atoms with Crippen molar-refractivity contribution >= 4 is 23.4 Å². The standard InChI is InChI=1S/C11H11NO2S/c1-8(2)14-11(13)10(6-12)5-9-3-4-15-7-9/h3-5,7-8H,1-2H3/b10-5-. The van der Waals surface area contributed by atoms with Crippen molar-refractivity contribution in [3.63, 3.8) is 0 Å². The van der Waals surface area contributed by atoms with E-state index in [2.05, 4.69) is 0 Å². The Bertz CT molecular complexity index is 399. The molecule has 0 saturated carbocycles. The van der Waals surface area contributed by atoms with Crippen LogP contribution in [-0.4, -0.2) is 12.1 Å². The van der Waals surface area contributed by atoms with Crippen LogP contribution in [0.5, 0.6) is 0 Å². The van der Waals surface area contributed by atoms with E-state index in [-0.39, 0.29) is 11.7 Å². The number of hydrogen-bond donors (Lipinski definition) is 0. The first-order valence-electron chi connectivity index (χ1n) is 4.48. The van der Waals surface area contributed by atoms with Crippen LogP contribution in [0, 0.1) is 11.3 Å². The van der Waals surface area contributed by atoms with Gasteiger partial charge in [0, 0.05) is 0 Å². The second-order valence-corrected chi connectivity index (χ2v) is 3.96. The van der Waals surface area contributed by atoms with E-state index in [4.69, 9.17) is 10.00 Å². The van der Waals surface area contributed by atoms with Gasteiger partial charge in [-0.25, -0.2) is 4.79 Å². The van der Waals surface area contributed by atoms with E-state index in [9.17, 15) is 4.79 Å². The Balaban J connectivity index is 2.81. The van der Waals surface area contributed by atoms with Crippen molar-refractivity contribution in [2.45, 2.75) is 20.0 Å². The van der Waals surface area contributed by atoms with Gasteiger partial charge in [0.1, 0.15) is 11.6 Å². The molecule has 1 heterocycles. The number of carbonyl (C=O) groups is 1. The lowest BCUT2D eigenvalue weighted by Gasteiger charge is -2.05. The molecule has 3 nitrogen and oxygen atoms in total. The van der Waals surface area contributed by atoms with Crippen molar-refractivity contribution in [2.75, 3.05) is 0 Å². The second kappa shape index (κ2) is 5.32. The lowest BCUT2D eigenvalue weighted by atomic mass is 10.2. The van der Waals surface area contributed by atoms with Crippen LogP contribution < -0.4 is 0 Å². The summed E-state index contributed by atoms with van der Waals surface area (Å²) in [6, 6.07) is 3.67. The van der Waals surface area contributed by atoms with Crippen LogP contribution in [0.4, 0.5) is 0 Å². The van der Waals surface area contributed by atoms with Crippen LogP contribution in [0.3, 0.4) is 0 Å². The summed E-state index contributed by atoms with van der Waals surface area (Å²) >= 11 is 1.51. The molecule has 0 aliphatic heterocycles. The fourth-order valence-electron chi connectivity index (χ4n) is 0.938. The highest BCUT2D eigenvalue weighted by Crippen LogP contribution is 2.12. The van der Waals surface area contributed by atoms with Crippen LogP contribution in [-0.2, 0) is 9.53 Å². The van der Waals surface area contributed by atoms with Gasteiger partial charge in [-0.1, -0.05) is 0 Å². The van der Waals surface area contributed by atoms with Gasteiger partial charge in [-0.15, -0.1) is 0 Å². The Hall–Kier alpha value is -1.60. The molecular weight excluding hydrogens is 210 g/mol. The number of nitrogens with zero attached hydrogens (tertiary/aromatic N) is 1. The molecule has 0 atom stereocenters. The zero-order valence-corrected chi connectivity index (χ0v) is 9.38. The topological polar surface area (TPSA) is 50.1 Å². The Morgan fingerprint density at radius 2 is 2.40 bits per heavy atom. The molecule has 0 aliphatic carbocycles. The van der Waals surface area contributed by atoms with Gasteiger partial charge in [-0.3, -0.25) is 0 Å². The Morgan fingerprint density at radius 3 is 2.87 bits per heavy atom. The summed E-state index contributed by atoms with van der Waals surface area (Å²) in [4.78, 5) is 11.4. The third-order valence-corrected chi connectivity index (χ3v) is 2.24. The van der Waals surface area contributed by atoms with Gasteiger partial charge in [0.2, 0.25) is 0 Å². The lowest BCUT2D eigenvalue weighted by Crippen LogP contribution is -2.12. The summed E-state index contributed by atoms with van der Waals surface area (Å²) in [5.74, 6) is -0.571. The van der Waals surface area contributed by atoms with Gasteiger partial charge in [0.05, 0.1) is 6.10 Å². The first-order valence-corrected chi connectivity index (χ1v) is 5.42. The molecule has 0 saturated heterocycles. The van der Waals surface area contributed by atoms with Crippen molar-refractivity contribution in [1.82, 2.24) is 0 Å². The highest BCUT2D eigenvalue weighted by atomic mass is 32.1. The van der Waals surface area contributed by atoms with E-state index < -0.39 is 5.97 Å². The molecule has 15 heavy (non-hydrogen) atoms. The molecule has 0 bridgehead atoms. The van der Waals surface area contributed by atoms with Crippen LogP contribution in [0.25, 0.3) is 6.08 Å². The van der Waals surface area contributed by atoms with Crippen molar-refractivity contribution in [3.05, 3.63) is 28.0 Å². The van der Waals surface area contributed by atoms with Gasteiger partial charge in [0.15, 0.2) is 0 Å². The van der Waals surface area contributed by atoms with Crippen LogP contribution >= 0.6 is 11.3 Å². The van der Waals surface area contributed by atoms with E-state index in [1.165, 1.54) is 17.4 Å². The van der Waals surface area contributed by atoms with E-state index in [1.807, 2.05) is 22.9 Å². The molecule has 0 aliphatic rings. The number of carbonyl (C=O) groups excluding carboxylic acids is 1. The van der Waals surface area contributed by atoms with Gasteiger partial charge >= 0.3 is 5.97 Å². The molecule has 0 amide bonds. The molecule has 0 radical (unpaired) electrons. The van der Waals surface area contributed by atoms with E-state index in [1.54, 1.807) is 13.8 Å². The Morgan fingerprint density at radius 1 is 1.67 bits per heavy atom. The number of nitriles is 1. The summed E-state index contributed by atoms with van der Waals surface area (Å²) in [6.45, 7) is 3.50. The number of ether oxygens (including phenoxy) is 1. The molecule has 1 aromatic heterocycles. The summed E-state index contributed by atoms with van der Waals surface area (Å²) in [7, 11) is 0. The normalized spacial score (nSPS) is 11.2. The maximum absolute atomic E-state index is 11.4. The lowest BCUT2D eigenvalue weighted by molar-refractivity contribution is -0.142. The summed E-state index contributed by atoms with van der Waals surface area (Å²) in [6.07, 6.45) is 1.32. The smallest absolute Gasteiger partial charge is 0.349 e. The molecule has 0 fully saturated rings. The number of rotatable bonds is 3. The van der Waals surface area contributed by atoms with Crippen LogP contribution in [0.2, 0.25) is 0 Å². The minimum Gasteiger partial charge on any atom is -0.459 e. The number of esters is 1. The second-order valence-electron chi connectivity index (χ2n) is 3.18. The molecule has 1 rings (SSSR count). The molecule has 0 N–H and O–H groups in total. The average molecular weight is 221 g/mol. The fourth-order valence-corrected chi connectivity index (χ4v) is 1.56. The predicted molar refractivity (Wildman–Crippen MR) is 59.1 cm³/mol. The zero-order chi connectivity index (χ0) is 11.3. The van der Waals surface area contributed by atoms with Crippen molar-refractivity contribution in [1.29, 1.82) is 5.26 Å². The third kappa shape index (κ3) is 3.56. The molecule has 0 spiro atoms. The molecule has 78 valence electrons. The molecule has 0 aromatic carbocycles. The van der Waals surface area contributed by atoms with E-state index >= 15 is 0 Å². The Labute approximate surface area is 92.6 Å². The first kappa shape index (κ1) is 11.5. The zero-order valence-electron chi connectivity index (χ0n) is 8.56. The molecular formula is C11H11NO2S. The van der Waals surface area contributed by atoms with Crippen LogP contribution in [0.1, 0.15) is 19.4 Å². The largest absolute Gasteiger partial charge is 0.459 e. The first-order chi connectivity index (χ1) is 7.13. The fraction of sp³-hybridized carbons (Fsp3) is 0.273. The number of hydrogen-bond acceptors (Lipinski definition) is 4. The highest BCUT2D eigenvalue weighted by molar-refractivity contribution is 7.08. The minimum atomic E-state index is -0.571. The average Bonchev–Trinajstić information content (AvgIpc) is 2.65. The summed E-state index contributed by atoms with van der Waals surface area (Å²) < 4.78 is 4.93. The van der Waals surface area contributed by atoms with Gasteiger partial charge in [-0.05, 0) is 42.3 Å². The van der Waals surface area contributed by atoms with Gasteiger partial charge in [-0.2, -0.15) is 16.6 Å². The highest BCUT2D eigenvalue weighted by Gasteiger charge is 2.12. The molecule has 1 aromatic rings. The van der Waals surface area contributed by atoms with Crippen molar-refractivity contribution in [2.24, 2.45) is 0 Å². The van der Waals surface area contributed by atoms with Gasteiger partial charge < -0.3 is 4.74 Å². The molecule has 4 heteroatoms. The quantitative estimate of drug-likeness (QED) is 0.448. The van der Waals surface area contributed by atoms with Crippen molar-refractivity contribution in [3.8, 4) is 6.07 Å². The summed E-state index contributed by atoms with van der Waals surface area (Å²) in [5, 5.41) is 12.5. The summed E-state index contributed by atoms with van der Waals surface area (Å²) in [5.41, 5.74) is 0.874. The van der Waals surface area contributed by atoms with Gasteiger partial charge in [0.25, 0.3) is 0 Å². The van der Waals surface area contributed by atoms with E-state index in [0.717, 1.165) is 5.56 Å². The molecule has 0 unspecified atom stereocenters. The Kier molecular flexibility index (Phi) is 4.07. The van der Waals surface area contributed by atoms with Crippen molar-refractivity contribution < 1.29 is 9.53 Å². The van der Waals surface area contributed by atoms with E-state index in [0.29, 0.717) is 0 Å². The predicted octanol–water partition coefficient (Wildman–Crippen LogP) is 2.61. The SMILES string of the molecule is CC(C)OC(=O)/C(C#N)=C\c1ccsc1. The number of thiophene rings is 1. The van der Waals surface area contributed by atoms with Crippen LogP contribution in [0.15, 0.2) is 22.4 Å².